The molecule has 2 heteroatoms. The summed E-state index contributed by atoms with van der Waals surface area (Å²) in [5, 5.41) is 3.53. The van der Waals surface area contributed by atoms with Crippen molar-refractivity contribution in [3.8, 4) is 0 Å². The topological polar surface area (TPSA) is 25.8 Å². The number of hydrogen-bond donors (Lipinski definition) is 0. The van der Waals surface area contributed by atoms with E-state index in [1.165, 1.54) is 16.3 Å². The van der Waals surface area contributed by atoms with E-state index in [9.17, 15) is 0 Å². The molecule has 0 saturated carbocycles. The molecule has 3 aromatic rings. The molecule has 2 heterocycles. The van der Waals surface area contributed by atoms with E-state index in [1.54, 1.807) is 0 Å². The van der Waals surface area contributed by atoms with Gasteiger partial charge in [-0.3, -0.25) is 9.97 Å². The van der Waals surface area contributed by atoms with E-state index in [4.69, 9.17) is 0 Å². The normalized spacial score (nSPS) is 11.0. The summed E-state index contributed by atoms with van der Waals surface area (Å²) in [4.78, 5) is 8.58. The van der Waals surface area contributed by atoms with Crippen LogP contribution >= 0.6 is 0 Å². The minimum atomic E-state index is 1.04. The fourth-order valence-electron chi connectivity index (χ4n) is 1.98. The van der Waals surface area contributed by atoms with Crippen LogP contribution in [0.15, 0.2) is 42.9 Å². The van der Waals surface area contributed by atoms with Crippen molar-refractivity contribution in [2.45, 2.75) is 6.92 Å². The maximum absolute atomic E-state index is 4.43. The summed E-state index contributed by atoms with van der Waals surface area (Å²) >= 11 is 0. The molecule has 0 N–H and O–H groups in total. The monoisotopic (exact) mass is 194 g/mol. The van der Waals surface area contributed by atoms with Crippen LogP contribution in [-0.2, 0) is 0 Å². The summed E-state index contributed by atoms with van der Waals surface area (Å²) in [5.41, 5.74) is 2.30. The third-order valence-electron chi connectivity index (χ3n) is 2.71. The minimum Gasteiger partial charge on any atom is -0.264 e. The number of fused-ring (bicyclic) bond motifs is 3. The molecular weight excluding hydrogens is 184 g/mol. The highest BCUT2D eigenvalue weighted by Crippen LogP contribution is 2.25. The van der Waals surface area contributed by atoms with Crippen LogP contribution in [-0.4, -0.2) is 9.97 Å². The molecule has 3 rings (SSSR count). The van der Waals surface area contributed by atoms with Crippen molar-refractivity contribution in [3.05, 3.63) is 48.4 Å². The summed E-state index contributed by atoms with van der Waals surface area (Å²) < 4.78 is 0. The lowest BCUT2D eigenvalue weighted by Crippen LogP contribution is -1.85. The maximum Gasteiger partial charge on any atom is 0.0798 e. The first-order valence-electron chi connectivity index (χ1n) is 4.94. The standard InChI is InChI=1S/C13H10N2/c1-9-7-10-4-6-14-8-12(10)13-11(9)3-2-5-15-13/h2-8H,1H3. The summed E-state index contributed by atoms with van der Waals surface area (Å²) in [7, 11) is 0. The van der Waals surface area contributed by atoms with Crippen LogP contribution in [0.25, 0.3) is 21.7 Å². The van der Waals surface area contributed by atoms with Crippen LogP contribution in [0.4, 0.5) is 0 Å². The molecule has 0 amide bonds. The molecule has 0 spiro atoms. The number of benzene rings is 1. The third-order valence-corrected chi connectivity index (χ3v) is 2.71. The predicted octanol–water partition coefficient (Wildman–Crippen LogP) is 3.09. The highest BCUT2D eigenvalue weighted by Gasteiger charge is 2.03. The molecule has 1 aromatic carbocycles. The molecule has 0 saturated heterocycles. The molecule has 2 nitrogen and oxygen atoms in total. The fraction of sp³-hybridized carbons (Fsp3) is 0.0769. The van der Waals surface area contributed by atoms with Crippen molar-refractivity contribution in [1.82, 2.24) is 9.97 Å². The van der Waals surface area contributed by atoms with Gasteiger partial charge in [0.05, 0.1) is 5.52 Å². The van der Waals surface area contributed by atoms with Gasteiger partial charge in [0.25, 0.3) is 0 Å². The van der Waals surface area contributed by atoms with E-state index in [-0.39, 0.29) is 0 Å². The van der Waals surface area contributed by atoms with Gasteiger partial charge in [-0.2, -0.15) is 0 Å². The lowest BCUT2D eigenvalue weighted by molar-refractivity contribution is 1.35. The lowest BCUT2D eigenvalue weighted by atomic mass is 10.0. The predicted molar refractivity (Wildman–Crippen MR) is 61.8 cm³/mol. The van der Waals surface area contributed by atoms with Gasteiger partial charge in [-0.1, -0.05) is 12.1 Å². The van der Waals surface area contributed by atoms with Gasteiger partial charge in [-0.15, -0.1) is 0 Å². The molecule has 0 radical (unpaired) electrons. The van der Waals surface area contributed by atoms with E-state index in [0.717, 1.165) is 10.9 Å². The number of pyridine rings is 2. The zero-order valence-electron chi connectivity index (χ0n) is 8.44. The summed E-state index contributed by atoms with van der Waals surface area (Å²) in [6.45, 7) is 2.11. The zero-order chi connectivity index (χ0) is 10.3. The van der Waals surface area contributed by atoms with Gasteiger partial charge in [0, 0.05) is 29.4 Å². The van der Waals surface area contributed by atoms with E-state index >= 15 is 0 Å². The van der Waals surface area contributed by atoms with E-state index in [0.29, 0.717) is 0 Å². The smallest absolute Gasteiger partial charge is 0.0798 e. The van der Waals surface area contributed by atoms with Crippen LogP contribution in [0.1, 0.15) is 5.56 Å². The average Bonchev–Trinajstić information content (AvgIpc) is 2.30. The molecule has 0 aliphatic heterocycles. The zero-order valence-corrected chi connectivity index (χ0v) is 8.44. The first-order chi connectivity index (χ1) is 7.36. The summed E-state index contributed by atoms with van der Waals surface area (Å²) in [6, 6.07) is 8.28. The molecule has 0 atom stereocenters. The molecule has 0 bridgehead atoms. The van der Waals surface area contributed by atoms with E-state index in [1.807, 2.05) is 30.7 Å². The SMILES string of the molecule is Cc1cc2ccncc2c2ncccc12. The summed E-state index contributed by atoms with van der Waals surface area (Å²) in [5.74, 6) is 0. The van der Waals surface area contributed by atoms with Crippen LogP contribution in [0.5, 0.6) is 0 Å². The molecule has 15 heavy (non-hydrogen) atoms. The van der Waals surface area contributed by atoms with Crippen LogP contribution in [0.3, 0.4) is 0 Å². The first-order valence-corrected chi connectivity index (χ1v) is 4.94. The largest absolute Gasteiger partial charge is 0.264 e. The van der Waals surface area contributed by atoms with Gasteiger partial charge in [0.2, 0.25) is 0 Å². The lowest BCUT2D eigenvalue weighted by Gasteiger charge is -2.05. The molecule has 0 fully saturated rings. The fourth-order valence-corrected chi connectivity index (χ4v) is 1.98. The molecule has 0 aliphatic rings. The Morgan fingerprint density at radius 1 is 1.07 bits per heavy atom. The second-order valence-corrected chi connectivity index (χ2v) is 3.69. The molecule has 0 aliphatic carbocycles. The quantitative estimate of drug-likeness (QED) is 0.514. The Morgan fingerprint density at radius 2 is 2.00 bits per heavy atom. The van der Waals surface area contributed by atoms with Crippen LogP contribution in [0, 0.1) is 6.92 Å². The molecule has 2 aromatic heterocycles. The Labute approximate surface area is 87.6 Å². The number of aromatic nitrogens is 2. The molecular formula is C13H10N2. The van der Waals surface area contributed by atoms with Crippen molar-refractivity contribution in [1.29, 1.82) is 0 Å². The Hall–Kier alpha value is -1.96. The van der Waals surface area contributed by atoms with Crippen molar-refractivity contribution in [2.75, 3.05) is 0 Å². The van der Waals surface area contributed by atoms with Gasteiger partial charge in [-0.05, 0) is 30.0 Å². The number of rotatable bonds is 0. The average molecular weight is 194 g/mol. The van der Waals surface area contributed by atoms with Crippen molar-refractivity contribution in [3.63, 3.8) is 0 Å². The van der Waals surface area contributed by atoms with E-state index < -0.39 is 0 Å². The second-order valence-electron chi connectivity index (χ2n) is 3.69. The maximum atomic E-state index is 4.43. The summed E-state index contributed by atoms with van der Waals surface area (Å²) in [6.07, 6.45) is 5.52. The van der Waals surface area contributed by atoms with Crippen molar-refractivity contribution < 1.29 is 0 Å². The Balaban J connectivity index is 2.64. The van der Waals surface area contributed by atoms with Crippen molar-refractivity contribution in [2.24, 2.45) is 0 Å². The minimum absolute atomic E-state index is 1.04. The third kappa shape index (κ3) is 1.18. The molecule has 72 valence electrons. The van der Waals surface area contributed by atoms with Gasteiger partial charge in [0.1, 0.15) is 0 Å². The molecule has 0 unspecified atom stereocenters. The van der Waals surface area contributed by atoms with Crippen LogP contribution < -0.4 is 0 Å². The second kappa shape index (κ2) is 3.02. The van der Waals surface area contributed by atoms with Crippen LogP contribution in [0.2, 0.25) is 0 Å². The van der Waals surface area contributed by atoms with Gasteiger partial charge < -0.3 is 0 Å². The number of nitrogens with zero attached hydrogens (tertiary/aromatic N) is 2. The highest BCUT2D eigenvalue weighted by atomic mass is 14.7. The van der Waals surface area contributed by atoms with Crippen molar-refractivity contribution >= 4 is 21.7 Å². The van der Waals surface area contributed by atoms with Gasteiger partial charge in [-0.25, -0.2) is 0 Å². The highest BCUT2D eigenvalue weighted by molar-refractivity contribution is 6.06. The Kier molecular flexibility index (Phi) is 1.68. The first kappa shape index (κ1) is 8.36. The Bertz CT molecular complexity index is 644. The number of hydrogen-bond acceptors (Lipinski definition) is 2. The van der Waals surface area contributed by atoms with Gasteiger partial charge >= 0.3 is 0 Å². The van der Waals surface area contributed by atoms with E-state index in [2.05, 4.69) is 29.0 Å². The Morgan fingerprint density at radius 3 is 2.93 bits per heavy atom. The van der Waals surface area contributed by atoms with Gasteiger partial charge in [0.15, 0.2) is 0 Å². The number of aryl methyl sites for hydroxylation is 1.